The van der Waals surface area contributed by atoms with E-state index in [0.717, 1.165) is 6.20 Å². The highest BCUT2D eigenvalue weighted by Crippen LogP contribution is 2.28. The van der Waals surface area contributed by atoms with E-state index in [-0.39, 0.29) is 11.5 Å². The van der Waals surface area contributed by atoms with Gasteiger partial charge in [0.15, 0.2) is 11.5 Å². The van der Waals surface area contributed by atoms with Crippen LogP contribution in [-0.4, -0.2) is 25.0 Å². The fraction of sp³-hybridized carbons (Fsp3) is 0.143. The van der Waals surface area contributed by atoms with Crippen molar-refractivity contribution in [3.05, 3.63) is 53.6 Å². The van der Waals surface area contributed by atoms with Crippen LogP contribution in [0.1, 0.15) is 16.1 Å². The molecule has 0 saturated carbocycles. The third-order valence-corrected chi connectivity index (χ3v) is 2.61. The Labute approximate surface area is 109 Å². The predicted octanol–water partition coefficient (Wildman–Crippen LogP) is 2.47. The summed E-state index contributed by atoms with van der Waals surface area (Å²) in [5, 5.41) is 0. The predicted molar refractivity (Wildman–Crippen MR) is 67.2 cm³/mol. The first-order chi connectivity index (χ1) is 9.15. The second kappa shape index (κ2) is 5.48. The Balaban J connectivity index is 2.36. The third kappa shape index (κ3) is 2.70. The summed E-state index contributed by atoms with van der Waals surface area (Å²) in [7, 11) is 3.00. The topological polar surface area (TPSA) is 48.4 Å². The number of carbonyl (C=O) groups excluding carboxylic acids is 1. The van der Waals surface area contributed by atoms with E-state index in [1.165, 1.54) is 26.4 Å². The monoisotopic (exact) mass is 261 g/mol. The van der Waals surface area contributed by atoms with Crippen molar-refractivity contribution in [1.82, 2.24) is 4.98 Å². The Morgan fingerprint density at radius 1 is 1.11 bits per heavy atom. The minimum absolute atomic E-state index is 0.175. The van der Waals surface area contributed by atoms with Gasteiger partial charge >= 0.3 is 0 Å². The highest BCUT2D eigenvalue weighted by atomic mass is 19.1. The largest absolute Gasteiger partial charge is 0.493 e. The number of hydrogen-bond acceptors (Lipinski definition) is 4. The summed E-state index contributed by atoms with van der Waals surface area (Å²) in [6.45, 7) is 0. The molecule has 19 heavy (non-hydrogen) atoms. The summed E-state index contributed by atoms with van der Waals surface area (Å²) in [6, 6.07) is 7.34. The molecule has 0 radical (unpaired) electrons. The first kappa shape index (κ1) is 13.0. The molecular formula is C14H12FNO3. The van der Waals surface area contributed by atoms with Crippen LogP contribution in [0.3, 0.4) is 0 Å². The number of pyridine rings is 1. The van der Waals surface area contributed by atoms with E-state index < -0.39 is 5.82 Å². The molecule has 0 fully saturated rings. The lowest BCUT2D eigenvalue weighted by Crippen LogP contribution is -2.04. The van der Waals surface area contributed by atoms with Crippen molar-refractivity contribution < 1.29 is 18.7 Å². The fourth-order valence-corrected chi connectivity index (χ4v) is 1.64. The van der Waals surface area contributed by atoms with Crippen molar-refractivity contribution in [3.63, 3.8) is 0 Å². The van der Waals surface area contributed by atoms with Gasteiger partial charge in [0.25, 0.3) is 0 Å². The number of rotatable bonds is 4. The highest BCUT2D eigenvalue weighted by molar-refractivity contribution is 6.08. The molecular weight excluding hydrogens is 249 g/mol. The first-order valence-corrected chi connectivity index (χ1v) is 5.54. The lowest BCUT2D eigenvalue weighted by molar-refractivity contribution is 0.103. The zero-order valence-corrected chi connectivity index (χ0v) is 10.5. The zero-order chi connectivity index (χ0) is 13.8. The van der Waals surface area contributed by atoms with Gasteiger partial charge in [-0.05, 0) is 30.3 Å². The van der Waals surface area contributed by atoms with E-state index in [4.69, 9.17) is 9.47 Å². The highest BCUT2D eigenvalue weighted by Gasteiger charge is 2.13. The van der Waals surface area contributed by atoms with Crippen LogP contribution in [-0.2, 0) is 0 Å². The van der Waals surface area contributed by atoms with Gasteiger partial charge in [0.05, 0.1) is 20.4 Å². The van der Waals surface area contributed by atoms with Gasteiger partial charge in [0.1, 0.15) is 11.5 Å². The minimum Gasteiger partial charge on any atom is -0.493 e. The summed E-state index contributed by atoms with van der Waals surface area (Å²) in [6.07, 6.45) is 1.01. The van der Waals surface area contributed by atoms with Gasteiger partial charge in [-0.25, -0.2) is 9.37 Å². The van der Waals surface area contributed by atoms with Gasteiger partial charge in [-0.3, -0.25) is 4.79 Å². The molecule has 2 rings (SSSR count). The Morgan fingerprint density at radius 3 is 2.42 bits per heavy atom. The van der Waals surface area contributed by atoms with Gasteiger partial charge in [-0.2, -0.15) is 0 Å². The standard InChI is InChI=1S/C14H12FNO3/c1-18-12-6-3-9(7-13(12)19-2)14(17)11-5-4-10(15)8-16-11/h3-8H,1-2H3. The molecule has 0 aliphatic heterocycles. The molecule has 0 N–H and O–H groups in total. The lowest BCUT2D eigenvalue weighted by atomic mass is 10.1. The Morgan fingerprint density at radius 2 is 1.84 bits per heavy atom. The first-order valence-electron chi connectivity index (χ1n) is 5.54. The Bertz CT molecular complexity index is 596. The minimum atomic E-state index is -0.483. The number of ether oxygens (including phenoxy) is 2. The molecule has 1 heterocycles. The number of halogens is 1. The second-order valence-corrected chi connectivity index (χ2v) is 3.76. The number of aromatic nitrogens is 1. The molecule has 0 bridgehead atoms. The average molecular weight is 261 g/mol. The van der Waals surface area contributed by atoms with Crippen molar-refractivity contribution >= 4 is 5.78 Å². The maximum absolute atomic E-state index is 12.8. The molecule has 0 aliphatic carbocycles. The Hall–Kier alpha value is -2.43. The second-order valence-electron chi connectivity index (χ2n) is 3.76. The van der Waals surface area contributed by atoms with E-state index in [2.05, 4.69) is 4.98 Å². The van der Waals surface area contributed by atoms with Crippen LogP contribution in [0, 0.1) is 5.82 Å². The quantitative estimate of drug-likeness (QED) is 0.793. The smallest absolute Gasteiger partial charge is 0.211 e. The van der Waals surface area contributed by atoms with Gasteiger partial charge in [-0.1, -0.05) is 0 Å². The van der Waals surface area contributed by atoms with Crippen LogP contribution >= 0.6 is 0 Å². The number of carbonyl (C=O) groups is 1. The van der Waals surface area contributed by atoms with Crippen LogP contribution in [0.5, 0.6) is 11.5 Å². The molecule has 0 atom stereocenters. The number of hydrogen-bond donors (Lipinski definition) is 0. The number of methoxy groups -OCH3 is 2. The summed E-state index contributed by atoms with van der Waals surface area (Å²) in [5.41, 5.74) is 0.574. The molecule has 98 valence electrons. The zero-order valence-electron chi connectivity index (χ0n) is 10.5. The third-order valence-electron chi connectivity index (χ3n) is 2.61. The van der Waals surface area contributed by atoms with Gasteiger partial charge in [0.2, 0.25) is 5.78 Å². The van der Waals surface area contributed by atoms with Gasteiger partial charge in [-0.15, -0.1) is 0 Å². The van der Waals surface area contributed by atoms with E-state index in [1.54, 1.807) is 18.2 Å². The fourth-order valence-electron chi connectivity index (χ4n) is 1.64. The van der Waals surface area contributed by atoms with Crippen LogP contribution in [0.4, 0.5) is 4.39 Å². The van der Waals surface area contributed by atoms with Crippen molar-refractivity contribution in [3.8, 4) is 11.5 Å². The molecule has 4 nitrogen and oxygen atoms in total. The SMILES string of the molecule is COc1ccc(C(=O)c2ccc(F)cn2)cc1OC. The van der Waals surface area contributed by atoms with Crippen molar-refractivity contribution in [2.75, 3.05) is 14.2 Å². The lowest BCUT2D eigenvalue weighted by Gasteiger charge is -2.08. The van der Waals surface area contributed by atoms with E-state index in [0.29, 0.717) is 17.1 Å². The Kier molecular flexibility index (Phi) is 3.75. The average Bonchev–Trinajstić information content (AvgIpc) is 2.46. The maximum atomic E-state index is 12.8. The molecule has 0 amide bonds. The van der Waals surface area contributed by atoms with Gasteiger partial charge < -0.3 is 9.47 Å². The van der Waals surface area contributed by atoms with Crippen LogP contribution in [0.2, 0.25) is 0 Å². The summed E-state index contributed by atoms with van der Waals surface area (Å²) in [5.74, 6) is 0.200. The van der Waals surface area contributed by atoms with Gasteiger partial charge in [0, 0.05) is 5.56 Å². The normalized spacial score (nSPS) is 10.1. The van der Waals surface area contributed by atoms with Crippen molar-refractivity contribution in [2.24, 2.45) is 0 Å². The molecule has 0 aliphatic rings. The molecule has 1 aromatic carbocycles. The number of ketones is 1. The number of benzene rings is 1. The molecule has 0 saturated heterocycles. The van der Waals surface area contributed by atoms with Crippen LogP contribution in [0.25, 0.3) is 0 Å². The van der Waals surface area contributed by atoms with Crippen molar-refractivity contribution in [1.29, 1.82) is 0 Å². The molecule has 2 aromatic rings. The summed E-state index contributed by atoms with van der Waals surface area (Å²) >= 11 is 0. The maximum Gasteiger partial charge on any atom is 0.211 e. The molecule has 1 aromatic heterocycles. The van der Waals surface area contributed by atoms with Crippen molar-refractivity contribution in [2.45, 2.75) is 0 Å². The van der Waals surface area contributed by atoms with Crippen LogP contribution < -0.4 is 9.47 Å². The van der Waals surface area contributed by atoms with E-state index in [1.807, 2.05) is 0 Å². The molecule has 0 spiro atoms. The van der Waals surface area contributed by atoms with E-state index in [9.17, 15) is 9.18 Å². The summed E-state index contributed by atoms with van der Waals surface area (Å²) in [4.78, 5) is 15.9. The number of nitrogens with zero attached hydrogens (tertiary/aromatic N) is 1. The molecule has 5 heteroatoms. The summed E-state index contributed by atoms with van der Waals surface area (Å²) < 4.78 is 23.0. The van der Waals surface area contributed by atoms with E-state index >= 15 is 0 Å². The molecule has 0 unspecified atom stereocenters. The van der Waals surface area contributed by atoms with Crippen LogP contribution in [0.15, 0.2) is 36.5 Å².